The second kappa shape index (κ2) is 4.65. The highest BCUT2D eigenvalue weighted by Crippen LogP contribution is 2.29. The maximum atomic E-state index is 11.8. The second-order valence-corrected chi connectivity index (χ2v) is 4.04. The summed E-state index contributed by atoms with van der Waals surface area (Å²) in [7, 11) is 0. The molecular weight excluding hydrogens is 265 g/mol. The number of carbonyl (C=O) groups excluding carboxylic acids is 1. The van der Waals surface area contributed by atoms with Crippen LogP contribution in [0.15, 0.2) is 29.1 Å². The van der Waals surface area contributed by atoms with E-state index in [1.807, 2.05) is 0 Å². The van der Waals surface area contributed by atoms with Crippen LogP contribution in [0.4, 0.5) is 11.4 Å². The molecule has 17 heavy (non-hydrogen) atoms. The number of benzene rings is 1. The van der Waals surface area contributed by atoms with Gasteiger partial charge in [0, 0.05) is 5.56 Å². The highest BCUT2D eigenvalue weighted by atomic mass is 35.5. The number of halogens is 2. The number of nitrogen functional groups attached to an aromatic ring is 1. The van der Waals surface area contributed by atoms with Gasteiger partial charge < -0.3 is 15.6 Å². The first-order valence-electron chi connectivity index (χ1n) is 4.53. The predicted molar refractivity (Wildman–Crippen MR) is 65.3 cm³/mol. The molecule has 1 aromatic carbocycles. The van der Waals surface area contributed by atoms with Crippen molar-refractivity contribution in [2.45, 2.75) is 0 Å². The van der Waals surface area contributed by atoms with Crippen molar-refractivity contribution in [2.24, 2.45) is 0 Å². The van der Waals surface area contributed by atoms with Crippen molar-refractivity contribution in [3.05, 3.63) is 40.2 Å². The average molecular weight is 272 g/mol. The van der Waals surface area contributed by atoms with Gasteiger partial charge in [-0.15, -0.1) is 0 Å². The molecule has 5 nitrogen and oxygen atoms in total. The maximum absolute atomic E-state index is 11.8. The quantitative estimate of drug-likeness (QED) is 0.823. The molecule has 1 aromatic heterocycles. The van der Waals surface area contributed by atoms with E-state index in [4.69, 9.17) is 28.9 Å². The lowest BCUT2D eigenvalue weighted by atomic mass is 10.2. The first-order valence-corrected chi connectivity index (χ1v) is 5.29. The minimum atomic E-state index is -0.378. The molecule has 0 unspecified atom stereocenters. The van der Waals surface area contributed by atoms with Gasteiger partial charge >= 0.3 is 0 Å². The molecule has 2 rings (SSSR count). The van der Waals surface area contributed by atoms with Crippen molar-refractivity contribution >= 4 is 40.5 Å². The number of hydrogen-bond donors (Lipinski definition) is 2. The molecule has 0 saturated heterocycles. The van der Waals surface area contributed by atoms with Crippen LogP contribution in [0.5, 0.6) is 0 Å². The molecule has 1 amide bonds. The zero-order chi connectivity index (χ0) is 12.4. The molecule has 0 aliphatic heterocycles. The van der Waals surface area contributed by atoms with Crippen molar-refractivity contribution in [1.29, 1.82) is 0 Å². The molecule has 1 heterocycles. The molecule has 0 bridgehead atoms. The normalized spacial score (nSPS) is 10.2. The van der Waals surface area contributed by atoms with Gasteiger partial charge in [-0.3, -0.25) is 4.79 Å². The molecule has 0 atom stereocenters. The Kier molecular flexibility index (Phi) is 3.21. The van der Waals surface area contributed by atoms with E-state index in [0.29, 0.717) is 11.3 Å². The number of nitrogens with two attached hydrogens (primary N) is 1. The molecule has 0 radical (unpaired) electrons. The van der Waals surface area contributed by atoms with Gasteiger partial charge in [0.2, 0.25) is 0 Å². The van der Waals surface area contributed by atoms with Gasteiger partial charge in [-0.25, -0.2) is 0 Å². The first kappa shape index (κ1) is 11.8. The monoisotopic (exact) mass is 271 g/mol. The van der Waals surface area contributed by atoms with E-state index in [1.54, 1.807) is 0 Å². The zero-order valence-corrected chi connectivity index (χ0v) is 9.92. The predicted octanol–water partition coefficient (Wildman–Crippen LogP) is 2.82. The standard InChI is InChI=1S/C10H7Cl2N3O2/c11-7-1-5(2-8(12)9(7)13)10(16)15-6-3-14-17-4-6/h1-4H,13H2,(H,15,16). The minimum absolute atomic E-state index is 0.230. The lowest BCUT2D eigenvalue weighted by molar-refractivity contribution is 0.102. The summed E-state index contributed by atoms with van der Waals surface area (Å²) in [6.45, 7) is 0. The summed E-state index contributed by atoms with van der Waals surface area (Å²) in [5, 5.41) is 6.47. The van der Waals surface area contributed by atoms with Gasteiger partial charge in [-0.2, -0.15) is 0 Å². The lowest BCUT2D eigenvalue weighted by Crippen LogP contribution is -2.11. The third-order valence-electron chi connectivity index (χ3n) is 2.03. The Hall–Kier alpha value is -1.72. The molecule has 2 aromatic rings. The number of nitrogens with one attached hydrogen (secondary N) is 1. The molecular formula is C10H7Cl2N3O2. The van der Waals surface area contributed by atoms with Gasteiger partial charge in [0.25, 0.3) is 5.91 Å². The van der Waals surface area contributed by atoms with Crippen LogP contribution in [0.3, 0.4) is 0 Å². The van der Waals surface area contributed by atoms with Crippen LogP contribution in [0.2, 0.25) is 10.0 Å². The van der Waals surface area contributed by atoms with E-state index < -0.39 is 0 Å². The fraction of sp³-hybridized carbons (Fsp3) is 0. The minimum Gasteiger partial charge on any atom is -0.396 e. The molecule has 0 spiro atoms. The van der Waals surface area contributed by atoms with E-state index in [2.05, 4.69) is 15.0 Å². The molecule has 0 saturated carbocycles. The fourth-order valence-electron chi connectivity index (χ4n) is 1.19. The van der Waals surface area contributed by atoms with Gasteiger partial charge in [-0.1, -0.05) is 28.4 Å². The fourth-order valence-corrected chi connectivity index (χ4v) is 1.67. The van der Waals surface area contributed by atoms with Crippen molar-refractivity contribution in [3.8, 4) is 0 Å². The lowest BCUT2D eigenvalue weighted by Gasteiger charge is -2.06. The van der Waals surface area contributed by atoms with E-state index in [0.717, 1.165) is 0 Å². The topological polar surface area (TPSA) is 81.2 Å². The van der Waals surface area contributed by atoms with Crippen LogP contribution in [0.1, 0.15) is 10.4 Å². The van der Waals surface area contributed by atoms with Crippen LogP contribution in [-0.2, 0) is 0 Å². The second-order valence-electron chi connectivity index (χ2n) is 3.22. The summed E-state index contributed by atoms with van der Waals surface area (Å²) >= 11 is 11.6. The van der Waals surface area contributed by atoms with Crippen LogP contribution in [-0.4, -0.2) is 11.1 Å². The number of nitrogens with zero attached hydrogens (tertiary/aromatic N) is 1. The summed E-state index contributed by atoms with van der Waals surface area (Å²) in [5.41, 5.74) is 6.56. The summed E-state index contributed by atoms with van der Waals surface area (Å²) in [6, 6.07) is 2.87. The third-order valence-corrected chi connectivity index (χ3v) is 2.66. The number of rotatable bonds is 2. The summed E-state index contributed by atoms with van der Waals surface area (Å²) < 4.78 is 4.58. The van der Waals surface area contributed by atoms with E-state index in [9.17, 15) is 4.79 Å². The largest absolute Gasteiger partial charge is 0.396 e. The van der Waals surface area contributed by atoms with Crippen LogP contribution in [0.25, 0.3) is 0 Å². The SMILES string of the molecule is Nc1c(Cl)cc(C(=O)Nc2cnoc2)cc1Cl. The Morgan fingerprint density at radius 1 is 1.35 bits per heavy atom. The van der Waals surface area contributed by atoms with Crippen molar-refractivity contribution in [2.75, 3.05) is 11.1 Å². The molecule has 3 N–H and O–H groups in total. The van der Waals surface area contributed by atoms with Gasteiger partial charge in [0.15, 0.2) is 0 Å². The van der Waals surface area contributed by atoms with E-state index >= 15 is 0 Å². The van der Waals surface area contributed by atoms with Crippen molar-refractivity contribution < 1.29 is 9.32 Å². The Balaban J connectivity index is 2.26. The smallest absolute Gasteiger partial charge is 0.255 e. The Labute approximate surface area is 106 Å². The first-order chi connectivity index (χ1) is 8.08. The third kappa shape index (κ3) is 2.51. The van der Waals surface area contributed by atoms with Crippen LogP contribution < -0.4 is 11.1 Å². The summed E-state index contributed by atoms with van der Waals surface area (Å²) in [4.78, 5) is 11.8. The number of hydrogen-bond acceptors (Lipinski definition) is 4. The highest BCUT2D eigenvalue weighted by Gasteiger charge is 2.12. The Morgan fingerprint density at radius 3 is 2.53 bits per heavy atom. The van der Waals surface area contributed by atoms with Crippen molar-refractivity contribution in [3.63, 3.8) is 0 Å². The average Bonchev–Trinajstić information content (AvgIpc) is 2.77. The van der Waals surface area contributed by atoms with Crippen LogP contribution >= 0.6 is 23.2 Å². The van der Waals surface area contributed by atoms with Gasteiger partial charge in [0.1, 0.15) is 12.0 Å². The highest BCUT2D eigenvalue weighted by molar-refractivity contribution is 6.39. The zero-order valence-electron chi connectivity index (χ0n) is 8.41. The van der Waals surface area contributed by atoms with Gasteiger partial charge in [-0.05, 0) is 12.1 Å². The molecule has 7 heteroatoms. The number of carbonyl (C=O) groups is 1. The van der Waals surface area contributed by atoms with Gasteiger partial charge in [0.05, 0.1) is 21.9 Å². The molecule has 0 fully saturated rings. The molecule has 0 aliphatic rings. The van der Waals surface area contributed by atoms with Crippen LogP contribution in [0, 0.1) is 0 Å². The molecule has 88 valence electrons. The molecule has 0 aliphatic carbocycles. The number of anilines is 2. The van der Waals surface area contributed by atoms with Crippen molar-refractivity contribution in [1.82, 2.24) is 5.16 Å². The summed E-state index contributed by atoms with van der Waals surface area (Å²) in [5.74, 6) is -0.378. The van der Waals surface area contributed by atoms with E-state index in [1.165, 1.54) is 24.6 Å². The number of aromatic nitrogens is 1. The number of amides is 1. The Morgan fingerprint density at radius 2 is 2.00 bits per heavy atom. The summed E-state index contributed by atoms with van der Waals surface area (Å²) in [6.07, 6.45) is 2.68. The Bertz CT molecular complexity index is 532. The van der Waals surface area contributed by atoms with E-state index in [-0.39, 0.29) is 21.6 Å². The maximum Gasteiger partial charge on any atom is 0.255 e.